The predicted octanol–water partition coefficient (Wildman–Crippen LogP) is 2.58. The zero-order chi connectivity index (χ0) is 12.4. The second-order valence-electron chi connectivity index (χ2n) is 5.51. The van der Waals surface area contributed by atoms with Gasteiger partial charge in [-0.3, -0.25) is 0 Å². The van der Waals surface area contributed by atoms with Gasteiger partial charge in [0.25, 0.3) is 0 Å². The monoisotopic (exact) mass is 248 g/mol. The lowest BCUT2D eigenvalue weighted by molar-refractivity contribution is 0.508. The average molecular weight is 248 g/mol. The second-order valence-corrected chi connectivity index (χ2v) is 5.51. The highest BCUT2D eigenvalue weighted by molar-refractivity contribution is 5.58. The molecule has 2 nitrogen and oxygen atoms in total. The molecule has 18 heavy (non-hydrogen) atoms. The molecule has 1 unspecified atom stereocenters. The van der Waals surface area contributed by atoms with Gasteiger partial charge in [0.2, 0.25) is 0 Å². The molecule has 0 amide bonds. The van der Waals surface area contributed by atoms with Crippen LogP contribution in [0.3, 0.4) is 0 Å². The zero-order valence-corrected chi connectivity index (χ0v) is 10.8. The minimum Gasteiger partial charge on any atom is -0.371 e. The Morgan fingerprint density at radius 1 is 1.39 bits per heavy atom. The van der Waals surface area contributed by atoms with Crippen molar-refractivity contribution in [3.8, 4) is 0 Å². The van der Waals surface area contributed by atoms with Crippen molar-refractivity contribution in [3.63, 3.8) is 0 Å². The SMILES string of the molecule is Fc1ccc2c(c1)N(CCCC1CCNC1)CC2. The van der Waals surface area contributed by atoms with E-state index in [4.69, 9.17) is 0 Å². The number of anilines is 1. The fourth-order valence-corrected chi connectivity index (χ4v) is 3.18. The van der Waals surface area contributed by atoms with E-state index in [1.54, 1.807) is 12.1 Å². The van der Waals surface area contributed by atoms with Crippen LogP contribution in [0.4, 0.5) is 10.1 Å². The van der Waals surface area contributed by atoms with Crippen molar-refractivity contribution in [2.45, 2.75) is 25.7 Å². The van der Waals surface area contributed by atoms with E-state index in [1.165, 1.54) is 37.9 Å². The highest BCUT2D eigenvalue weighted by atomic mass is 19.1. The van der Waals surface area contributed by atoms with Crippen LogP contribution in [0.2, 0.25) is 0 Å². The van der Waals surface area contributed by atoms with Gasteiger partial charge in [0.15, 0.2) is 0 Å². The van der Waals surface area contributed by atoms with E-state index < -0.39 is 0 Å². The van der Waals surface area contributed by atoms with Gasteiger partial charge < -0.3 is 10.2 Å². The third-order valence-electron chi connectivity index (χ3n) is 4.24. The molecule has 0 bridgehead atoms. The first kappa shape index (κ1) is 12.0. The smallest absolute Gasteiger partial charge is 0.125 e. The van der Waals surface area contributed by atoms with E-state index in [1.807, 2.05) is 6.07 Å². The van der Waals surface area contributed by atoms with Crippen LogP contribution in [-0.2, 0) is 6.42 Å². The number of hydrogen-bond acceptors (Lipinski definition) is 2. The molecular weight excluding hydrogens is 227 g/mol. The maximum Gasteiger partial charge on any atom is 0.125 e. The van der Waals surface area contributed by atoms with Gasteiger partial charge in [0.05, 0.1) is 0 Å². The molecule has 0 radical (unpaired) electrons. The number of halogens is 1. The van der Waals surface area contributed by atoms with Gasteiger partial charge in [-0.15, -0.1) is 0 Å². The van der Waals surface area contributed by atoms with E-state index in [-0.39, 0.29) is 5.82 Å². The first-order chi connectivity index (χ1) is 8.83. The Morgan fingerprint density at radius 2 is 2.33 bits per heavy atom. The molecule has 3 rings (SSSR count). The Kier molecular flexibility index (Phi) is 3.50. The standard InChI is InChI=1S/C15H21FN2/c16-14-4-3-13-6-9-18(15(13)10-14)8-1-2-12-5-7-17-11-12/h3-4,10,12,17H,1-2,5-9,11H2. The van der Waals surface area contributed by atoms with Crippen molar-refractivity contribution in [3.05, 3.63) is 29.6 Å². The first-order valence-electron chi connectivity index (χ1n) is 7.07. The maximum absolute atomic E-state index is 13.3. The summed E-state index contributed by atoms with van der Waals surface area (Å²) >= 11 is 0. The Bertz CT molecular complexity index is 413. The Morgan fingerprint density at radius 3 is 3.17 bits per heavy atom. The van der Waals surface area contributed by atoms with Crippen molar-refractivity contribution in [1.82, 2.24) is 5.32 Å². The van der Waals surface area contributed by atoms with Gasteiger partial charge in [0, 0.05) is 18.8 Å². The van der Waals surface area contributed by atoms with Crippen molar-refractivity contribution >= 4 is 5.69 Å². The van der Waals surface area contributed by atoms with Gasteiger partial charge in [-0.2, -0.15) is 0 Å². The van der Waals surface area contributed by atoms with E-state index in [2.05, 4.69) is 10.2 Å². The minimum atomic E-state index is -0.111. The fraction of sp³-hybridized carbons (Fsp3) is 0.600. The molecule has 3 heteroatoms. The molecule has 2 aliphatic heterocycles. The van der Waals surface area contributed by atoms with Crippen LogP contribution in [0, 0.1) is 11.7 Å². The summed E-state index contributed by atoms with van der Waals surface area (Å²) in [6, 6.07) is 5.21. The summed E-state index contributed by atoms with van der Waals surface area (Å²) in [5, 5.41) is 3.41. The summed E-state index contributed by atoms with van der Waals surface area (Å²) in [6.07, 6.45) is 4.92. The number of rotatable bonds is 4. The van der Waals surface area contributed by atoms with E-state index in [0.717, 1.165) is 31.1 Å². The third kappa shape index (κ3) is 2.51. The number of nitrogens with one attached hydrogen (secondary N) is 1. The van der Waals surface area contributed by atoms with Gasteiger partial charge in [-0.25, -0.2) is 4.39 Å². The molecule has 0 aliphatic carbocycles. The molecule has 1 aromatic carbocycles. The second kappa shape index (κ2) is 5.27. The summed E-state index contributed by atoms with van der Waals surface area (Å²) in [5.74, 6) is 0.750. The van der Waals surface area contributed by atoms with E-state index >= 15 is 0 Å². The summed E-state index contributed by atoms with van der Waals surface area (Å²) in [4.78, 5) is 2.35. The van der Waals surface area contributed by atoms with Crippen LogP contribution >= 0.6 is 0 Å². The third-order valence-corrected chi connectivity index (χ3v) is 4.24. The molecular formula is C15H21FN2. The topological polar surface area (TPSA) is 15.3 Å². The molecule has 1 fully saturated rings. The molecule has 0 saturated carbocycles. The van der Waals surface area contributed by atoms with Crippen LogP contribution in [0.5, 0.6) is 0 Å². The van der Waals surface area contributed by atoms with Crippen molar-refractivity contribution in [2.24, 2.45) is 5.92 Å². The van der Waals surface area contributed by atoms with Gasteiger partial charge in [-0.1, -0.05) is 6.07 Å². The molecule has 2 aliphatic rings. The highest BCUT2D eigenvalue weighted by Gasteiger charge is 2.20. The summed E-state index contributed by atoms with van der Waals surface area (Å²) < 4.78 is 13.3. The predicted molar refractivity (Wildman–Crippen MR) is 72.5 cm³/mol. The lowest BCUT2D eigenvalue weighted by Gasteiger charge is -2.20. The Balaban J connectivity index is 1.54. The minimum absolute atomic E-state index is 0.111. The molecule has 0 spiro atoms. The average Bonchev–Trinajstić information content (AvgIpc) is 2.99. The highest BCUT2D eigenvalue weighted by Crippen LogP contribution is 2.29. The van der Waals surface area contributed by atoms with Crippen LogP contribution in [0.1, 0.15) is 24.8 Å². The summed E-state index contributed by atoms with van der Waals surface area (Å²) in [7, 11) is 0. The van der Waals surface area contributed by atoms with Crippen LogP contribution < -0.4 is 10.2 Å². The molecule has 1 atom stereocenters. The van der Waals surface area contributed by atoms with Gasteiger partial charge >= 0.3 is 0 Å². The maximum atomic E-state index is 13.3. The number of hydrogen-bond donors (Lipinski definition) is 1. The van der Waals surface area contributed by atoms with Gasteiger partial charge in [-0.05, 0) is 62.4 Å². The number of fused-ring (bicyclic) bond motifs is 1. The Hall–Kier alpha value is -1.09. The Labute approximate surface area is 108 Å². The normalized spacial score (nSPS) is 22.5. The van der Waals surface area contributed by atoms with E-state index in [9.17, 15) is 4.39 Å². The molecule has 0 aromatic heterocycles. The number of nitrogens with zero attached hydrogens (tertiary/aromatic N) is 1. The summed E-state index contributed by atoms with van der Waals surface area (Å²) in [5.41, 5.74) is 2.43. The van der Waals surface area contributed by atoms with Crippen LogP contribution in [0.25, 0.3) is 0 Å². The van der Waals surface area contributed by atoms with Crippen LogP contribution in [0.15, 0.2) is 18.2 Å². The first-order valence-corrected chi connectivity index (χ1v) is 7.07. The van der Waals surface area contributed by atoms with Crippen molar-refractivity contribution in [2.75, 3.05) is 31.1 Å². The van der Waals surface area contributed by atoms with E-state index in [0.29, 0.717) is 0 Å². The van der Waals surface area contributed by atoms with Crippen LogP contribution in [-0.4, -0.2) is 26.2 Å². The van der Waals surface area contributed by atoms with Crippen molar-refractivity contribution < 1.29 is 4.39 Å². The van der Waals surface area contributed by atoms with Crippen molar-refractivity contribution in [1.29, 1.82) is 0 Å². The largest absolute Gasteiger partial charge is 0.371 e. The zero-order valence-electron chi connectivity index (χ0n) is 10.8. The lowest BCUT2D eigenvalue weighted by Crippen LogP contribution is -2.22. The lowest BCUT2D eigenvalue weighted by atomic mass is 10.0. The summed E-state index contributed by atoms with van der Waals surface area (Å²) in [6.45, 7) is 4.50. The molecule has 2 heterocycles. The number of benzene rings is 1. The molecule has 1 N–H and O–H groups in total. The van der Waals surface area contributed by atoms with Gasteiger partial charge in [0.1, 0.15) is 5.82 Å². The quantitative estimate of drug-likeness (QED) is 0.881. The fourth-order valence-electron chi connectivity index (χ4n) is 3.18. The molecule has 1 saturated heterocycles. The molecule has 98 valence electrons. The molecule has 1 aromatic rings.